The maximum Gasteiger partial charge on any atom is 0.250 e. The van der Waals surface area contributed by atoms with E-state index >= 15 is 0 Å². The van der Waals surface area contributed by atoms with Crippen LogP contribution in [0.25, 0.3) is 22.3 Å². The summed E-state index contributed by atoms with van der Waals surface area (Å²) in [5, 5.41) is 5.64. The lowest BCUT2D eigenvalue weighted by atomic mass is 9.35. The Kier molecular flexibility index (Phi) is 6.00. The molecule has 7 aromatic rings. The fourth-order valence-corrected chi connectivity index (χ4v) is 13.1. The molecular formula is C42H29BOSi. The van der Waals surface area contributed by atoms with Crippen molar-refractivity contribution in [3.63, 3.8) is 0 Å². The second-order valence-electron chi connectivity index (χ2n) is 12.0. The summed E-state index contributed by atoms with van der Waals surface area (Å²) < 4.78 is 6.90. The molecule has 0 N–H and O–H groups in total. The summed E-state index contributed by atoms with van der Waals surface area (Å²) in [5.74, 6) is 1.91. The Labute approximate surface area is 265 Å². The minimum absolute atomic E-state index is 0.105. The van der Waals surface area contributed by atoms with E-state index in [4.69, 9.17) is 4.74 Å². The van der Waals surface area contributed by atoms with E-state index in [1.807, 2.05) is 0 Å². The fourth-order valence-electron chi connectivity index (χ4n) is 7.80. The van der Waals surface area contributed by atoms with E-state index in [-0.39, 0.29) is 6.71 Å². The van der Waals surface area contributed by atoms with Gasteiger partial charge >= 0.3 is 0 Å². The third-order valence-corrected chi connectivity index (χ3v) is 14.6. The third kappa shape index (κ3) is 3.94. The maximum atomic E-state index is 6.90. The molecule has 0 fully saturated rings. The number of fused-ring (bicyclic) bond motifs is 4. The topological polar surface area (TPSA) is 9.23 Å². The van der Waals surface area contributed by atoms with E-state index in [2.05, 4.69) is 176 Å². The van der Waals surface area contributed by atoms with Gasteiger partial charge in [0.15, 0.2) is 8.07 Å². The molecule has 9 rings (SSSR count). The van der Waals surface area contributed by atoms with Gasteiger partial charge in [-0.25, -0.2) is 0 Å². The molecule has 3 heteroatoms. The van der Waals surface area contributed by atoms with Gasteiger partial charge < -0.3 is 4.74 Å². The highest BCUT2D eigenvalue weighted by molar-refractivity contribution is 7.26. The van der Waals surface area contributed by atoms with Crippen molar-refractivity contribution in [2.45, 2.75) is 0 Å². The number of hydrogen-bond donors (Lipinski definition) is 0. The van der Waals surface area contributed by atoms with E-state index in [1.54, 1.807) is 0 Å². The summed E-state index contributed by atoms with van der Waals surface area (Å²) in [5.41, 5.74) is 8.75. The fraction of sp³-hybridized carbons (Fsp3) is 0. The molecule has 7 aromatic carbocycles. The van der Waals surface area contributed by atoms with Crippen molar-refractivity contribution in [1.82, 2.24) is 0 Å². The Hall–Kier alpha value is -5.38. The van der Waals surface area contributed by atoms with Crippen molar-refractivity contribution in [2.24, 2.45) is 0 Å². The Morgan fingerprint density at radius 1 is 0.378 bits per heavy atom. The molecule has 0 saturated heterocycles. The lowest BCUT2D eigenvalue weighted by molar-refractivity contribution is 0.488. The van der Waals surface area contributed by atoms with Crippen LogP contribution in [0, 0.1) is 0 Å². The minimum atomic E-state index is -2.77. The number of hydrogen-bond acceptors (Lipinski definition) is 1. The molecule has 0 radical (unpaired) electrons. The van der Waals surface area contributed by atoms with Gasteiger partial charge in [0.25, 0.3) is 6.71 Å². The standard InChI is InChI=1S/C42H29BOSi/c1-4-15-30(16-5-1)31-17-14-18-32(27-31)33-28-39-42-41(29-33)45(34-19-6-2-7-20-34,35-21-8-3-9-22-35)40-26-13-11-24-37(40)43(42)36-23-10-12-25-38(36)44-39/h1-29H. The molecule has 0 aromatic heterocycles. The summed E-state index contributed by atoms with van der Waals surface area (Å²) in [6.45, 7) is 0.105. The zero-order chi connectivity index (χ0) is 29.8. The molecule has 2 heterocycles. The van der Waals surface area contributed by atoms with Crippen LogP contribution < -0.4 is 41.9 Å². The molecule has 0 aliphatic carbocycles. The van der Waals surface area contributed by atoms with Crippen LogP contribution in [-0.4, -0.2) is 14.8 Å². The second-order valence-corrected chi connectivity index (χ2v) is 15.8. The first-order valence-corrected chi connectivity index (χ1v) is 17.6. The highest BCUT2D eigenvalue weighted by Crippen LogP contribution is 2.33. The van der Waals surface area contributed by atoms with Crippen molar-refractivity contribution < 1.29 is 4.74 Å². The minimum Gasteiger partial charge on any atom is -0.458 e. The molecule has 0 amide bonds. The summed E-state index contributed by atoms with van der Waals surface area (Å²) in [6, 6.07) is 64.7. The number of ether oxygens (including phenoxy) is 1. The van der Waals surface area contributed by atoms with Crippen LogP contribution in [0.4, 0.5) is 0 Å². The molecular weight excluding hydrogens is 559 g/mol. The molecule has 0 bridgehead atoms. The normalized spacial score (nSPS) is 13.6. The first kappa shape index (κ1) is 26.1. The van der Waals surface area contributed by atoms with Gasteiger partial charge in [-0.1, -0.05) is 163 Å². The molecule has 2 aliphatic rings. The van der Waals surface area contributed by atoms with Crippen LogP contribution in [-0.2, 0) is 0 Å². The van der Waals surface area contributed by atoms with Gasteiger partial charge in [-0.05, 0) is 72.1 Å². The van der Waals surface area contributed by atoms with Crippen molar-refractivity contribution in [1.29, 1.82) is 0 Å². The zero-order valence-corrected chi connectivity index (χ0v) is 25.7. The van der Waals surface area contributed by atoms with Gasteiger partial charge in [0.05, 0.1) is 0 Å². The monoisotopic (exact) mass is 588 g/mol. The Balaban J connectivity index is 1.41. The van der Waals surface area contributed by atoms with E-state index in [0.29, 0.717) is 0 Å². The molecule has 1 nitrogen and oxygen atoms in total. The Morgan fingerprint density at radius 2 is 0.933 bits per heavy atom. The van der Waals surface area contributed by atoms with Crippen LogP contribution in [0.15, 0.2) is 176 Å². The van der Waals surface area contributed by atoms with Crippen molar-refractivity contribution in [3.05, 3.63) is 176 Å². The van der Waals surface area contributed by atoms with Crippen LogP contribution in [0.3, 0.4) is 0 Å². The molecule has 0 saturated carbocycles. The molecule has 210 valence electrons. The summed E-state index contributed by atoms with van der Waals surface area (Å²) in [7, 11) is -2.77. The lowest BCUT2D eigenvalue weighted by Gasteiger charge is -2.45. The van der Waals surface area contributed by atoms with Gasteiger partial charge in [-0.2, -0.15) is 0 Å². The summed E-state index contributed by atoms with van der Waals surface area (Å²) >= 11 is 0. The van der Waals surface area contributed by atoms with Crippen LogP contribution >= 0.6 is 0 Å². The highest BCUT2D eigenvalue weighted by Gasteiger charge is 2.52. The molecule has 0 unspecified atom stereocenters. The zero-order valence-electron chi connectivity index (χ0n) is 24.7. The van der Waals surface area contributed by atoms with E-state index in [1.165, 1.54) is 59.4 Å². The van der Waals surface area contributed by atoms with E-state index in [0.717, 1.165) is 11.5 Å². The number of para-hydroxylation sites is 1. The van der Waals surface area contributed by atoms with Crippen molar-refractivity contribution in [3.8, 4) is 33.8 Å². The Bertz CT molecular complexity index is 2160. The van der Waals surface area contributed by atoms with Gasteiger partial charge in [-0.3, -0.25) is 0 Å². The molecule has 2 aliphatic heterocycles. The first-order chi connectivity index (χ1) is 22.3. The van der Waals surface area contributed by atoms with Crippen LogP contribution in [0.5, 0.6) is 11.5 Å². The van der Waals surface area contributed by atoms with Gasteiger partial charge in [-0.15, -0.1) is 0 Å². The second kappa shape index (κ2) is 10.4. The highest BCUT2D eigenvalue weighted by atomic mass is 28.3. The van der Waals surface area contributed by atoms with Crippen molar-refractivity contribution >= 4 is 51.9 Å². The number of benzene rings is 7. The SMILES string of the molecule is c1ccc(-c2cccc(-c3cc4c5c(c3)[Si](c3ccccc3)(c3ccccc3)c3ccccc3B5c3ccccc3O4)c2)cc1. The lowest BCUT2D eigenvalue weighted by Crippen LogP contribution is -2.87. The third-order valence-electron chi connectivity index (χ3n) is 9.68. The predicted octanol–water partition coefficient (Wildman–Crippen LogP) is 5.33. The maximum absolute atomic E-state index is 6.90. The van der Waals surface area contributed by atoms with Gasteiger partial charge in [0.1, 0.15) is 11.5 Å². The average molecular weight is 589 g/mol. The Morgan fingerprint density at radius 3 is 1.64 bits per heavy atom. The molecule has 0 spiro atoms. The molecule has 45 heavy (non-hydrogen) atoms. The molecule has 0 atom stereocenters. The average Bonchev–Trinajstić information content (AvgIpc) is 3.12. The van der Waals surface area contributed by atoms with Crippen LogP contribution in [0.2, 0.25) is 0 Å². The predicted molar refractivity (Wildman–Crippen MR) is 192 cm³/mol. The van der Waals surface area contributed by atoms with E-state index < -0.39 is 8.07 Å². The summed E-state index contributed by atoms with van der Waals surface area (Å²) in [6.07, 6.45) is 0. The van der Waals surface area contributed by atoms with Gasteiger partial charge in [0, 0.05) is 0 Å². The number of rotatable bonds is 4. The first-order valence-electron chi connectivity index (χ1n) is 15.6. The summed E-state index contributed by atoms with van der Waals surface area (Å²) in [4.78, 5) is 0. The van der Waals surface area contributed by atoms with Crippen LogP contribution in [0.1, 0.15) is 0 Å². The smallest absolute Gasteiger partial charge is 0.250 e. The quantitative estimate of drug-likeness (QED) is 0.253. The van der Waals surface area contributed by atoms with E-state index in [9.17, 15) is 0 Å². The van der Waals surface area contributed by atoms with Gasteiger partial charge in [0.2, 0.25) is 0 Å². The largest absolute Gasteiger partial charge is 0.458 e. The van der Waals surface area contributed by atoms with Crippen molar-refractivity contribution in [2.75, 3.05) is 0 Å².